The average Bonchev–Trinajstić information content (AvgIpc) is 2.77. The number of carbonyl (C=O) groups excluding carboxylic acids is 2. The molecular weight excluding hydrogens is 178 g/mol. The van der Waals surface area contributed by atoms with E-state index in [0.29, 0.717) is 11.8 Å². The van der Waals surface area contributed by atoms with Crippen LogP contribution in [0.1, 0.15) is 13.3 Å². The van der Waals surface area contributed by atoms with E-state index in [2.05, 4.69) is 12.2 Å². The average molecular weight is 191 g/mol. The van der Waals surface area contributed by atoms with Crippen LogP contribution in [0, 0.1) is 23.2 Å². The number of hydrogen-bond acceptors (Lipinski definition) is 2. The molecule has 2 amide bonds. The van der Waals surface area contributed by atoms with Crippen LogP contribution in [0.3, 0.4) is 0 Å². The summed E-state index contributed by atoms with van der Waals surface area (Å²) < 4.78 is 0. The van der Waals surface area contributed by atoms with E-state index in [9.17, 15) is 9.59 Å². The third kappa shape index (κ3) is 0.606. The lowest BCUT2D eigenvalue weighted by Crippen LogP contribution is -2.36. The minimum absolute atomic E-state index is 0.0179. The number of allylic oxidation sites excluding steroid dienone is 2. The van der Waals surface area contributed by atoms with Crippen LogP contribution in [0.4, 0.5) is 0 Å². The largest absolute Gasteiger partial charge is 0.285 e. The Morgan fingerprint density at radius 2 is 2.14 bits per heavy atom. The molecule has 2 fully saturated rings. The van der Waals surface area contributed by atoms with Gasteiger partial charge in [-0.05, 0) is 25.2 Å². The fourth-order valence-electron chi connectivity index (χ4n) is 3.50. The molecule has 14 heavy (non-hydrogen) atoms. The van der Waals surface area contributed by atoms with E-state index in [1.807, 2.05) is 6.92 Å². The summed E-state index contributed by atoms with van der Waals surface area (Å²) in [6, 6.07) is 0. The molecule has 1 saturated heterocycles. The van der Waals surface area contributed by atoms with Crippen molar-refractivity contribution in [1.82, 2.24) is 4.90 Å². The highest BCUT2D eigenvalue weighted by Crippen LogP contribution is 2.60. The van der Waals surface area contributed by atoms with Crippen molar-refractivity contribution in [1.29, 1.82) is 0 Å². The van der Waals surface area contributed by atoms with Gasteiger partial charge in [-0.3, -0.25) is 14.5 Å². The summed E-state index contributed by atoms with van der Waals surface area (Å²) in [5.74, 6) is 0.569. The van der Waals surface area contributed by atoms with E-state index < -0.39 is 5.41 Å². The SMILES string of the molecule is CN1C(=O)[C@@H]2[C@@H]3C=C[C@@H](C3)[C@]2(C)C1=O. The van der Waals surface area contributed by atoms with Gasteiger partial charge in [0.05, 0.1) is 11.3 Å². The van der Waals surface area contributed by atoms with Crippen LogP contribution in [0.15, 0.2) is 12.2 Å². The van der Waals surface area contributed by atoms with Crippen LogP contribution in [0.2, 0.25) is 0 Å². The molecular formula is C11H13NO2. The summed E-state index contributed by atoms with van der Waals surface area (Å²) in [6.45, 7) is 1.95. The van der Waals surface area contributed by atoms with Crippen molar-refractivity contribution in [2.45, 2.75) is 13.3 Å². The monoisotopic (exact) mass is 191 g/mol. The van der Waals surface area contributed by atoms with Crippen molar-refractivity contribution in [3.8, 4) is 0 Å². The molecule has 0 aromatic carbocycles. The first-order valence-corrected chi connectivity index (χ1v) is 5.07. The zero-order chi connectivity index (χ0) is 10.1. The lowest BCUT2D eigenvalue weighted by molar-refractivity contribution is -0.140. The number of rotatable bonds is 0. The predicted octanol–water partition coefficient (Wildman–Crippen LogP) is 0.813. The maximum absolute atomic E-state index is 12.0. The quantitative estimate of drug-likeness (QED) is 0.420. The first kappa shape index (κ1) is 8.21. The van der Waals surface area contributed by atoms with Gasteiger partial charge in [-0.1, -0.05) is 12.2 Å². The zero-order valence-electron chi connectivity index (χ0n) is 8.36. The topological polar surface area (TPSA) is 37.4 Å². The van der Waals surface area contributed by atoms with Crippen molar-refractivity contribution in [2.75, 3.05) is 7.05 Å². The van der Waals surface area contributed by atoms with Crippen LogP contribution < -0.4 is 0 Å². The second-order valence-corrected chi connectivity index (χ2v) is 4.85. The molecule has 0 N–H and O–H groups in total. The summed E-state index contributed by atoms with van der Waals surface area (Å²) in [5.41, 5.74) is -0.425. The third-order valence-electron chi connectivity index (χ3n) is 4.32. The highest BCUT2D eigenvalue weighted by molar-refractivity contribution is 6.08. The minimum atomic E-state index is -0.425. The summed E-state index contributed by atoms with van der Waals surface area (Å²) in [4.78, 5) is 25.2. The zero-order valence-corrected chi connectivity index (χ0v) is 8.36. The Bertz CT molecular complexity index is 373. The Kier molecular flexibility index (Phi) is 1.23. The van der Waals surface area contributed by atoms with Crippen LogP contribution in [0.25, 0.3) is 0 Å². The number of fused-ring (bicyclic) bond motifs is 5. The Labute approximate surface area is 82.8 Å². The molecule has 0 unspecified atom stereocenters. The molecule has 0 aromatic rings. The van der Waals surface area contributed by atoms with Gasteiger partial charge < -0.3 is 0 Å². The van der Waals surface area contributed by atoms with Crippen molar-refractivity contribution < 1.29 is 9.59 Å². The molecule has 1 heterocycles. The van der Waals surface area contributed by atoms with Gasteiger partial charge in [0.15, 0.2) is 0 Å². The van der Waals surface area contributed by atoms with Gasteiger partial charge >= 0.3 is 0 Å². The van der Waals surface area contributed by atoms with Gasteiger partial charge in [-0.2, -0.15) is 0 Å². The van der Waals surface area contributed by atoms with Gasteiger partial charge in [-0.15, -0.1) is 0 Å². The van der Waals surface area contributed by atoms with Crippen LogP contribution in [-0.4, -0.2) is 23.8 Å². The van der Waals surface area contributed by atoms with Gasteiger partial charge in [0.1, 0.15) is 0 Å². The van der Waals surface area contributed by atoms with Crippen molar-refractivity contribution in [3.05, 3.63) is 12.2 Å². The number of carbonyl (C=O) groups is 2. The van der Waals surface area contributed by atoms with Gasteiger partial charge in [0.25, 0.3) is 0 Å². The molecule has 0 aromatic heterocycles. The summed E-state index contributed by atoms with van der Waals surface area (Å²) in [5, 5.41) is 0. The first-order chi connectivity index (χ1) is 6.56. The number of hydrogen-bond donors (Lipinski definition) is 0. The van der Waals surface area contributed by atoms with Gasteiger partial charge in [-0.25, -0.2) is 0 Å². The smallest absolute Gasteiger partial charge is 0.236 e. The number of imide groups is 1. The van der Waals surface area contributed by atoms with E-state index in [4.69, 9.17) is 0 Å². The molecule has 3 aliphatic rings. The van der Waals surface area contributed by atoms with E-state index in [0.717, 1.165) is 6.42 Å². The van der Waals surface area contributed by atoms with E-state index in [1.54, 1.807) is 7.05 Å². The second kappa shape index (κ2) is 2.10. The molecule has 0 spiro atoms. The fourth-order valence-corrected chi connectivity index (χ4v) is 3.50. The second-order valence-electron chi connectivity index (χ2n) is 4.85. The molecule has 3 nitrogen and oxygen atoms in total. The van der Waals surface area contributed by atoms with E-state index in [-0.39, 0.29) is 17.7 Å². The summed E-state index contributed by atoms with van der Waals surface area (Å²) in [6.07, 6.45) is 5.22. The molecule has 1 saturated carbocycles. The molecule has 4 atom stereocenters. The van der Waals surface area contributed by atoms with Crippen molar-refractivity contribution in [2.24, 2.45) is 23.2 Å². The lowest BCUT2D eigenvalue weighted by atomic mass is 9.71. The Morgan fingerprint density at radius 1 is 1.43 bits per heavy atom. The number of amides is 2. The van der Waals surface area contributed by atoms with Gasteiger partial charge in [0.2, 0.25) is 11.8 Å². The minimum Gasteiger partial charge on any atom is -0.285 e. The van der Waals surface area contributed by atoms with Crippen LogP contribution >= 0.6 is 0 Å². The molecule has 74 valence electrons. The maximum atomic E-state index is 12.0. The standard InChI is InChI=1S/C11H13NO2/c1-11-7-4-3-6(5-7)8(11)9(13)12(2)10(11)14/h3-4,6-8H,5H2,1-2H3/t6-,7+,8+,11+/m1/s1. The van der Waals surface area contributed by atoms with Crippen molar-refractivity contribution in [3.63, 3.8) is 0 Å². The Morgan fingerprint density at radius 3 is 2.79 bits per heavy atom. The van der Waals surface area contributed by atoms with Crippen molar-refractivity contribution >= 4 is 11.8 Å². The number of nitrogens with zero attached hydrogens (tertiary/aromatic N) is 1. The highest BCUT2D eigenvalue weighted by Gasteiger charge is 2.66. The first-order valence-electron chi connectivity index (χ1n) is 5.07. The summed E-state index contributed by atoms with van der Waals surface area (Å²) in [7, 11) is 1.60. The van der Waals surface area contributed by atoms with E-state index >= 15 is 0 Å². The maximum Gasteiger partial charge on any atom is 0.236 e. The normalized spacial score (nSPS) is 49.3. The molecule has 0 radical (unpaired) electrons. The predicted molar refractivity (Wildman–Crippen MR) is 50.1 cm³/mol. The summed E-state index contributed by atoms with van der Waals surface area (Å²) >= 11 is 0. The Balaban J connectivity index is 2.17. The van der Waals surface area contributed by atoms with E-state index in [1.165, 1.54) is 4.90 Å². The molecule has 3 heteroatoms. The molecule has 1 aliphatic heterocycles. The fraction of sp³-hybridized carbons (Fsp3) is 0.636. The van der Waals surface area contributed by atoms with Gasteiger partial charge in [0, 0.05) is 7.05 Å². The Hall–Kier alpha value is -1.12. The number of likely N-dealkylation sites (tertiary alicyclic amines) is 1. The molecule has 3 rings (SSSR count). The highest BCUT2D eigenvalue weighted by atomic mass is 16.2. The van der Waals surface area contributed by atoms with Crippen LogP contribution in [-0.2, 0) is 9.59 Å². The molecule has 2 aliphatic carbocycles. The molecule has 2 bridgehead atoms. The third-order valence-corrected chi connectivity index (χ3v) is 4.32. The lowest BCUT2D eigenvalue weighted by Gasteiger charge is -2.27. The van der Waals surface area contributed by atoms with Crippen LogP contribution in [0.5, 0.6) is 0 Å².